The number of hydrogen-bond acceptors (Lipinski definition) is 4. The Hall–Kier alpha value is -1.34. The number of carbonyl (C=O) groups is 2. The number of amides is 2. The first-order valence-electron chi connectivity index (χ1n) is 6.98. The van der Waals surface area contributed by atoms with Gasteiger partial charge in [-0.2, -0.15) is 0 Å². The molecule has 114 valence electrons. The summed E-state index contributed by atoms with van der Waals surface area (Å²) in [5.41, 5.74) is 0. The number of ether oxygens (including phenoxy) is 2. The summed E-state index contributed by atoms with van der Waals surface area (Å²) in [5, 5.41) is 8.93. The fraction of sp³-hybridized carbons (Fsp3) is 0.846. The SMILES string of the molecule is C[C@@H]1CN(C(=O)N2CCOCC2CC(=O)O)C[C@H](C)O1. The highest BCUT2D eigenvalue weighted by Gasteiger charge is 2.34. The van der Waals surface area contributed by atoms with Gasteiger partial charge in [-0.1, -0.05) is 0 Å². The number of urea groups is 1. The molecule has 0 radical (unpaired) electrons. The molecule has 7 heteroatoms. The monoisotopic (exact) mass is 286 g/mol. The lowest BCUT2D eigenvalue weighted by molar-refractivity contribution is -0.139. The van der Waals surface area contributed by atoms with Gasteiger partial charge in [0.15, 0.2) is 0 Å². The second-order valence-corrected chi connectivity index (χ2v) is 5.46. The standard InChI is InChI=1S/C13H22N2O5/c1-9-6-14(7-10(2)20-9)13(18)15-3-4-19-8-11(15)5-12(16)17/h9-11H,3-8H2,1-2H3,(H,16,17)/t9-,10+,11?. The molecule has 0 spiro atoms. The van der Waals surface area contributed by atoms with E-state index in [1.807, 2.05) is 13.8 Å². The van der Waals surface area contributed by atoms with Crippen molar-refractivity contribution in [2.75, 3.05) is 32.8 Å². The van der Waals surface area contributed by atoms with Crippen LogP contribution in [0.25, 0.3) is 0 Å². The molecule has 20 heavy (non-hydrogen) atoms. The number of nitrogens with zero attached hydrogens (tertiary/aromatic N) is 2. The van der Waals surface area contributed by atoms with Gasteiger partial charge in [0.25, 0.3) is 0 Å². The zero-order valence-corrected chi connectivity index (χ0v) is 11.9. The average molecular weight is 286 g/mol. The number of carboxylic acids is 1. The van der Waals surface area contributed by atoms with Gasteiger partial charge >= 0.3 is 12.0 Å². The second kappa shape index (κ2) is 6.41. The maximum Gasteiger partial charge on any atom is 0.320 e. The summed E-state index contributed by atoms with van der Waals surface area (Å²) in [7, 11) is 0. The van der Waals surface area contributed by atoms with Crippen molar-refractivity contribution in [1.82, 2.24) is 9.80 Å². The Morgan fingerprint density at radius 2 is 1.90 bits per heavy atom. The molecular formula is C13H22N2O5. The Morgan fingerprint density at radius 1 is 1.25 bits per heavy atom. The number of carboxylic acid groups (broad SMARTS) is 1. The van der Waals surface area contributed by atoms with E-state index >= 15 is 0 Å². The first-order chi connectivity index (χ1) is 9.47. The summed E-state index contributed by atoms with van der Waals surface area (Å²) < 4.78 is 10.9. The predicted octanol–water partition coefficient (Wildman–Crippen LogP) is 0.391. The molecule has 2 fully saturated rings. The number of hydrogen-bond donors (Lipinski definition) is 1. The van der Waals surface area contributed by atoms with E-state index in [1.165, 1.54) is 0 Å². The summed E-state index contributed by atoms with van der Waals surface area (Å²) >= 11 is 0. The minimum atomic E-state index is -0.915. The molecule has 0 bridgehead atoms. The highest BCUT2D eigenvalue weighted by Crippen LogP contribution is 2.17. The van der Waals surface area contributed by atoms with Crippen LogP contribution in [-0.4, -0.2) is 78.0 Å². The molecule has 2 aliphatic rings. The van der Waals surface area contributed by atoms with Gasteiger partial charge in [-0.05, 0) is 13.8 Å². The van der Waals surface area contributed by atoms with E-state index in [1.54, 1.807) is 9.80 Å². The Kier molecular flexibility index (Phi) is 4.82. The molecule has 2 heterocycles. The van der Waals surface area contributed by atoms with E-state index in [0.29, 0.717) is 26.2 Å². The van der Waals surface area contributed by atoms with Crippen molar-refractivity contribution in [1.29, 1.82) is 0 Å². The molecule has 0 aliphatic carbocycles. The molecule has 0 aromatic heterocycles. The van der Waals surface area contributed by atoms with Crippen LogP contribution >= 0.6 is 0 Å². The van der Waals surface area contributed by atoms with Crippen molar-refractivity contribution < 1.29 is 24.2 Å². The Morgan fingerprint density at radius 3 is 2.50 bits per heavy atom. The lowest BCUT2D eigenvalue weighted by Gasteiger charge is -2.42. The van der Waals surface area contributed by atoms with Gasteiger partial charge in [0.05, 0.1) is 37.9 Å². The van der Waals surface area contributed by atoms with Crippen LogP contribution in [0.15, 0.2) is 0 Å². The van der Waals surface area contributed by atoms with Crippen LogP contribution in [0.2, 0.25) is 0 Å². The third-order valence-electron chi connectivity index (χ3n) is 3.57. The van der Waals surface area contributed by atoms with E-state index in [9.17, 15) is 9.59 Å². The van der Waals surface area contributed by atoms with Crippen LogP contribution < -0.4 is 0 Å². The molecule has 2 amide bonds. The van der Waals surface area contributed by atoms with Crippen LogP contribution in [-0.2, 0) is 14.3 Å². The van der Waals surface area contributed by atoms with Gasteiger partial charge in [0.1, 0.15) is 0 Å². The topological polar surface area (TPSA) is 79.3 Å². The minimum Gasteiger partial charge on any atom is -0.481 e. The molecule has 0 saturated carbocycles. The highest BCUT2D eigenvalue weighted by atomic mass is 16.5. The highest BCUT2D eigenvalue weighted by molar-refractivity contribution is 5.76. The van der Waals surface area contributed by atoms with Crippen LogP contribution in [0.3, 0.4) is 0 Å². The van der Waals surface area contributed by atoms with E-state index in [2.05, 4.69) is 0 Å². The molecule has 0 aromatic carbocycles. The van der Waals surface area contributed by atoms with Crippen molar-refractivity contribution in [3.63, 3.8) is 0 Å². The molecule has 2 rings (SSSR count). The lowest BCUT2D eigenvalue weighted by atomic mass is 10.1. The first kappa shape index (κ1) is 15.1. The van der Waals surface area contributed by atoms with Crippen LogP contribution in [0, 0.1) is 0 Å². The van der Waals surface area contributed by atoms with Gasteiger partial charge < -0.3 is 24.4 Å². The van der Waals surface area contributed by atoms with Crippen molar-refractivity contribution >= 4 is 12.0 Å². The predicted molar refractivity (Wildman–Crippen MR) is 70.5 cm³/mol. The van der Waals surface area contributed by atoms with Crippen molar-refractivity contribution in [2.24, 2.45) is 0 Å². The van der Waals surface area contributed by atoms with Gasteiger partial charge in [-0.3, -0.25) is 4.79 Å². The van der Waals surface area contributed by atoms with Gasteiger partial charge in [0.2, 0.25) is 0 Å². The molecular weight excluding hydrogens is 264 g/mol. The number of morpholine rings is 2. The van der Waals surface area contributed by atoms with E-state index < -0.39 is 5.97 Å². The summed E-state index contributed by atoms with van der Waals surface area (Å²) in [6.45, 7) is 6.14. The van der Waals surface area contributed by atoms with Gasteiger partial charge in [-0.15, -0.1) is 0 Å². The molecule has 7 nitrogen and oxygen atoms in total. The smallest absolute Gasteiger partial charge is 0.320 e. The minimum absolute atomic E-state index is 0.00154. The van der Waals surface area contributed by atoms with E-state index in [-0.39, 0.29) is 37.3 Å². The molecule has 2 aliphatic heterocycles. The van der Waals surface area contributed by atoms with Crippen molar-refractivity contribution in [2.45, 2.75) is 38.5 Å². The molecule has 2 saturated heterocycles. The van der Waals surface area contributed by atoms with Crippen molar-refractivity contribution in [3.05, 3.63) is 0 Å². The van der Waals surface area contributed by atoms with Crippen LogP contribution in [0.1, 0.15) is 20.3 Å². The summed E-state index contributed by atoms with van der Waals surface area (Å²) in [4.78, 5) is 26.8. The largest absolute Gasteiger partial charge is 0.481 e. The zero-order chi connectivity index (χ0) is 14.7. The molecule has 1 N–H and O–H groups in total. The number of rotatable bonds is 2. The van der Waals surface area contributed by atoms with Crippen LogP contribution in [0.5, 0.6) is 0 Å². The Bertz CT molecular complexity index is 366. The maximum absolute atomic E-state index is 12.6. The normalized spacial score (nSPS) is 31.2. The van der Waals surface area contributed by atoms with Crippen molar-refractivity contribution in [3.8, 4) is 0 Å². The summed E-state index contributed by atoms with van der Waals surface area (Å²) in [6, 6.07) is -0.497. The second-order valence-electron chi connectivity index (χ2n) is 5.46. The fourth-order valence-corrected chi connectivity index (χ4v) is 2.79. The molecule has 3 atom stereocenters. The first-order valence-corrected chi connectivity index (χ1v) is 6.98. The summed E-state index contributed by atoms with van der Waals surface area (Å²) in [5.74, 6) is -0.915. The lowest BCUT2D eigenvalue weighted by Crippen LogP contribution is -2.58. The maximum atomic E-state index is 12.6. The fourth-order valence-electron chi connectivity index (χ4n) is 2.79. The van der Waals surface area contributed by atoms with Gasteiger partial charge in [-0.25, -0.2) is 4.79 Å². The molecule has 0 aromatic rings. The molecule has 1 unspecified atom stereocenters. The number of carbonyl (C=O) groups excluding carboxylic acids is 1. The Labute approximate surface area is 118 Å². The van der Waals surface area contributed by atoms with Gasteiger partial charge in [0, 0.05) is 19.6 Å². The van der Waals surface area contributed by atoms with E-state index in [4.69, 9.17) is 14.6 Å². The van der Waals surface area contributed by atoms with E-state index in [0.717, 1.165) is 0 Å². The quantitative estimate of drug-likeness (QED) is 0.794. The zero-order valence-electron chi connectivity index (χ0n) is 11.9. The summed E-state index contributed by atoms with van der Waals surface area (Å²) in [6.07, 6.45) is -0.0791. The number of aliphatic carboxylic acids is 1. The van der Waals surface area contributed by atoms with Crippen LogP contribution in [0.4, 0.5) is 4.79 Å². The Balaban J connectivity index is 2.03. The average Bonchev–Trinajstić information content (AvgIpc) is 2.36. The third-order valence-corrected chi connectivity index (χ3v) is 3.57. The third kappa shape index (κ3) is 3.61.